The van der Waals surface area contributed by atoms with Gasteiger partial charge in [0.25, 0.3) is 11.8 Å². The molecule has 0 fully saturated rings. The highest BCUT2D eigenvalue weighted by atomic mass is 19.3. The highest BCUT2D eigenvalue weighted by molar-refractivity contribution is 5.06. The van der Waals surface area contributed by atoms with Crippen LogP contribution in [0.2, 0.25) is 0 Å². The van der Waals surface area contributed by atoms with Crippen molar-refractivity contribution in [3.8, 4) is 0 Å². The SMILES string of the molecule is CC(C)C(C)(C)C(F)(F)C(F)C(C)(C)C(C)(C)C(C)(F)F. The zero-order chi connectivity index (χ0) is 17.7. The number of rotatable bonds is 6. The number of halogens is 5. The highest BCUT2D eigenvalue weighted by Crippen LogP contribution is 2.58. The maximum Gasteiger partial charge on any atom is 0.284 e. The summed E-state index contributed by atoms with van der Waals surface area (Å²) >= 11 is 0. The van der Waals surface area contributed by atoms with E-state index in [0.717, 1.165) is 27.7 Å². The van der Waals surface area contributed by atoms with Gasteiger partial charge in [0, 0.05) is 16.2 Å². The minimum atomic E-state index is -3.72. The highest BCUT2D eigenvalue weighted by Gasteiger charge is 2.65. The molecule has 0 aromatic heterocycles. The summed E-state index contributed by atoms with van der Waals surface area (Å²) in [4.78, 5) is 0. The Hall–Kier alpha value is -0.350. The molecule has 0 saturated carbocycles. The van der Waals surface area contributed by atoms with Gasteiger partial charge in [-0.2, -0.15) is 0 Å². The Morgan fingerprint density at radius 1 is 0.667 bits per heavy atom. The average molecular weight is 316 g/mol. The van der Waals surface area contributed by atoms with Crippen molar-refractivity contribution in [1.29, 1.82) is 0 Å². The predicted molar refractivity (Wildman–Crippen MR) is 76.6 cm³/mol. The lowest BCUT2D eigenvalue weighted by molar-refractivity contribution is -0.243. The minimum Gasteiger partial charge on any atom is -0.240 e. The van der Waals surface area contributed by atoms with E-state index in [-0.39, 0.29) is 0 Å². The molecule has 0 amide bonds. The summed E-state index contributed by atoms with van der Waals surface area (Å²) in [6, 6.07) is 0. The fourth-order valence-corrected chi connectivity index (χ4v) is 2.05. The molecule has 0 rings (SSSR count). The third-order valence-corrected chi connectivity index (χ3v) is 5.96. The van der Waals surface area contributed by atoms with Gasteiger partial charge in [-0.15, -0.1) is 0 Å². The Bertz CT molecular complexity index is 361. The van der Waals surface area contributed by atoms with Gasteiger partial charge in [-0.05, 0) is 12.8 Å². The summed E-state index contributed by atoms with van der Waals surface area (Å²) in [5.74, 6) is -7.49. The molecule has 0 nitrogen and oxygen atoms in total. The molecule has 0 radical (unpaired) electrons. The maximum absolute atomic E-state index is 14.8. The van der Waals surface area contributed by atoms with Crippen LogP contribution < -0.4 is 0 Å². The molecule has 0 heterocycles. The van der Waals surface area contributed by atoms with E-state index in [0.29, 0.717) is 6.92 Å². The Balaban J connectivity index is 5.86. The smallest absolute Gasteiger partial charge is 0.240 e. The summed E-state index contributed by atoms with van der Waals surface area (Å²) < 4.78 is 71.6. The van der Waals surface area contributed by atoms with Crippen molar-refractivity contribution in [2.45, 2.75) is 80.3 Å². The van der Waals surface area contributed by atoms with Crippen molar-refractivity contribution in [3.63, 3.8) is 0 Å². The summed E-state index contributed by atoms with van der Waals surface area (Å²) in [7, 11) is 0. The quantitative estimate of drug-likeness (QED) is 0.501. The van der Waals surface area contributed by atoms with Crippen LogP contribution >= 0.6 is 0 Å². The van der Waals surface area contributed by atoms with Crippen molar-refractivity contribution in [2.75, 3.05) is 0 Å². The van der Waals surface area contributed by atoms with Crippen molar-refractivity contribution in [2.24, 2.45) is 22.2 Å². The van der Waals surface area contributed by atoms with Crippen molar-refractivity contribution in [1.82, 2.24) is 0 Å². The fourth-order valence-electron chi connectivity index (χ4n) is 2.05. The zero-order valence-electron chi connectivity index (χ0n) is 14.5. The van der Waals surface area contributed by atoms with Gasteiger partial charge in [-0.3, -0.25) is 0 Å². The van der Waals surface area contributed by atoms with Gasteiger partial charge in [0.15, 0.2) is 6.17 Å². The second-order valence-electron chi connectivity index (χ2n) is 8.10. The predicted octanol–water partition coefficient (Wildman–Crippen LogP) is 6.35. The van der Waals surface area contributed by atoms with Gasteiger partial charge >= 0.3 is 0 Å². The molecule has 0 aromatic carbocycles. The topological polar surface area (TPSA) is 0 Å². The van der Waals surface area contributed by atoms with Crippen molar-refractivity contribution < 1.29 is 22.0 Å². The standard InChI is InChI=1S/C16H29F5/c1-10(2)12(3,4)16(20,21)11(17)13(5,6)14(7,8)15(9,18)19/h10-11H,1-9H3. The second-order valence-corrected chi connectivity index (χ2v) is 8.10. The first kappa shape index (κ1) is 20.6. The van der Waals surface area contributed by atoms with Crippen LogP contribution in [-0.2, 0) is 0 Å². The van der Waals surface area contributed by atoms with Crippen LogP contribution in [0, 0.1) is 22.2 Å². The normalized spacial score (nSPS) is 17.3. The van der Waals surface area contributed by atoms with E-state index in [2.05, 4.69) is 0 Å². The molecular formula is C16H29F5. The minimum absolute atomic E-state index is 0.494. The molecule has 0 N–H and O–H groups in total. The summed E-state index contributed by atoms with van der Waals surface area (Å²) in [5, 5.41) is 0. The Kier molecular flexibility index (Phi) is 5.29. The molecule has 1 unspecified atom stereocenters. The van der Waals surface area contributed by atoms with Crippen LogP contribution in [0.25, 0.3) is 0 Å². The molecule has 1 atom stereocenters. The molecule has 0 bridgehead atoms. The maximum atomic E-state index is 14.8. The van der Waals surface area contributed by atoms with E-state index in [4.69, 9.17) is 0 Å². The zero-order valence-corrected chi connectivity index (χ0v) is 14.5. The first-order chi connectivity index (χ1) is 8.85. The van der Waals surface area contributed by atoms with Crippen molar-refractivity contribution >= 4 is 0 Å². The Morgan fingerprint density at radius 3 is 1.24 bits per heavy atom. The van der Waals surface area contributed by atoms with E-state index in [1.165, 1.54) is 13.8 Å². The second kappa shape index (κ2) is 5.38. The molecule has 0 aliphatic rings. The molecule has 0 spiro atoms. The van der Waals surface area contributed by atoms with E-state index >= 15 is 0 Å². The molecule has 21 heavy (non-hydrogen) atoms. The van der Waals surface area contributed by atoms with Crippen LogP contribution in [0.15, 0.2) is 0 Å². The van der Waals surface area contributed by atoms with Gasteiger partial charge in [-0.1, -0.05) is 55.4 Å². The van der Waals surface area contributed by atoms with E-state index in [9.17, 15) is 22.0 Å². The third kappa shape index (κ3) is 3.07. The Morgan fingerprint density at radius 2 is 1.00 bits per heavy atom. The van der Waals surface area contributed by atoms with Crippen LogP contribution in [0.5, 0.6) is 0 Å². The first-order valence-electron chi connectivity index (χ1n) is 7.24. The first-order valence-corrected chi connectivity index (χ1v) is 7.24. The number of hydrogen-bond donors (Lipinski definition) is 0. The molecule has 0 aromatic rings. The number of alkyl halides is 5. The summed E-state index contributed by atoms with van der Waals surface area (Å²) in [6.07, 6.45) is -2.68. The Labute approximate surface area is 125 Å². The van der Waals surface area contributed by atoms with Gasteiger partial charge < -0.3 is 0 Å². The van der Waals surface area contributed by atoms with Crippen LogP contribution in [0.4, 0.5) is 22.0 Å². The number of hydrogen-bond acceptors (Lipinski definition) is 0. The van der Waals surface area contributed by atoms with Gasteiger partial charge in [-0.25, -0.2) is 22.0 Å². The van der Waals surface area contributed by atoms with E-state index in [1.807, 2.05) is 0 Å². The molecule has 0 aliphatic heterocycles. The molecule has 5 heteroatoms. The van der Waals surface area contributed by atoms with E-state index in [1.54, 1.807) is 13.8 Å². The molecule has 128 valence electrons. The van der Waals surface area contributed by atoms with Crippen LogP contribution in [0.3, 0.4) is 0 Å². The van der Waals surface area contributed by atoms with E-state index < -0.39 is 40.2 Å². The lowest BCUT2D eigenvalue weighted by Gasteiger charge is -2.51. The lowest BCUT2D eigenvalue weighted by atomic mass is 9.58. The van der Waals surface area contributed by atoms with Crippen LogP contribution in [0.1, 0.15) is 62.3 Å². The molecular weight excluding hydrogens is 287 g/mol. The van der Waals surface area contributed by atoms with Gasteiger partial charge in [0.1, 0.15) is 0 Å². The average Bonchev–Trinajstić information content (AvgIpc) is 2.25. The summed E-state index contributed by atoms with van der Waals surface area (Å²) in [6.45, 7) is 10.9. The lowest BCUT2D eigenvalue weighted by Crippen LogP contribution is -2.59. The monoisotopic (exact) mass is 316 g/mol. The van der Waals surface area contributed by atoms with Crippen molar-refractivity contribution in [3.05, 3.63) is 0 Å². The third-order valence-electron chi connectivity index (χ3n) is 5.96. The van der Waals surface area contributed by atoms with Gasteiger partial charge in [0.05, 0.1) is 0 Å². The van der Waals surface area contributed by atoms with Gasteiger partial charge in [0.2, 0.25) is 0 Å². The summed E-state index contributed by atoms with van der Waals surface area (Å²) in [5.41, 5.74) is -5.46. The van der Waals surface area contributed by atoms with Crippen LogP contribution in [-0.4, -0.2) is 18.0 Å². The fraction of sp³-hybridized carbons (Fsp3) is 1.00. The molecule has 0 aliphatic carbocycles. The molecule has 0 saturated heterocycles. The largest absolute Gasteiger partial charge is 0.284 e.